The van der Waals surface area contributed by atoms with E-state index in [1.165, 1.54) is 33.4 Å². The molecule has 0 bridgehead atoms. The van der Waals surface area contributed by atoms with Gasteiger partial charge in [0, 0.05) is 0 Å². The zero-order valence-electron chi connectivity index (χ0n) is 42.7. The van der Waals surface area contributed by atoms with Crippen molar-refractivity contribution in [3.8, 4) is 50.6 Å². The maximum absolute atomic E-state index is 15.1. The van der Waals surface area contributed by atoms with E-state index < -0.39 is 7.82 Å². The van der Waals surface area contributed by atoms with Gasteiger partial charge in [-0.2, -0.15) is 4.57 Å². The van der Waals surface area contributed by atoms with E-state index in [-0.39, 0.29) is 32.5 Å². The second kappa shape index (κ2) is 17.6. The molecule has 4 nitrogen and oxygen atoms in total. The summed E-state index contributed by atoms with van der Waals surface area (Å²) < 4.78 is 34.0. The third kappa shape index (κ3) is 11.9. The minimum Gasteiger partial charge on any atom is -0.386 e. The maximum atomic E-state index is 15.1. The first-order chi connectivity index (χ1) is 29.8. The molecule has 65 heavy (non-hydrogen) atoms. The number of rotatable bonds is 9. The molecule has 6 aromatic rings. The number of phosphoric ester groups is 1. The Morgan fingerprint density at radius 2 is 0.508 bits per heavy atom. The fraction of sp³-hybridized carbons (Fsp3) is 0.400. The second-order valence-electron chi connectivity index (χ2n) is 24.1. The summed E-state index contributed by atoms with van der Waals surface area (Å²) in [7, 11) is -4.33. The molecule has 0 aromatic heterocycles. The Labute approximate surface area is 392 Å². The summed E-state index contributed by atoms with van der Waals surface area (Å²) in [6.45, 7) is 40.4. The van der Waals surface area contributed by atoms with Gasteiger partial charge in [0.15, 0.2) is 0 Å². The minimum absolute atomic E-state index is 0.0260. The van der Waals surface area contributed by atoms with Crippen molar-refractivity contribution in [3.05, 3.63) is 161 Å². The summed E-state index contributed by atoms with van der Waals surface area (Å²) in [4.78, 5) is 0. The SMILES string of the molecule is CC(C)(C)c1ccc(-c2ccc(OP(=O)(Oc3ccc(-c4ccc(C(C)(C)C)cc4C(C)(C)C)cc3)Oc3ccc(-c4ccc(C(C)(C)C)cc4C(C)(C)C)cc3)cc2)c(C(C)(C)C)c1. The average Bonchev–Trinajstić information content (AvgIpc) is 3.19. The lowest BCUT2D eigenvalue weighted by Crippen LogP contribution is -2.17. The largest absolute Gasteiger partial charge is 0.647 e. The number of hydrogen-bond donors (Lipinski definition) is 0. The van der Waals surface area contributed by atoms with Crippen LogP contribution >= 0.6 is 7.82 Å². The van der Waals surface area contributed by atoms with Crippen LogP contribution < -0.4 is 13.6 Å². The summed E-state index contributed by atoms with van der Waals surface area (Å²) in [6.07, 6.45) is 0. The van der Waals surface area contributed by atoms with Crippen molar-refractivity contribution in [3.63, 3.8) is 0 Å². The molecule has 0 saturated carbocycles. The first kappa shape index (κ1) is 49.4. The lowest BCUT2D eigenvalue weighted by Gasteiger charge is -2.28. The Kier molecular flexibility index (Phi) is 13.4. The summed E-state index contributed by atoms with van der Waals surface area (Å²) >= 11 is 0. The molecule has 344 valence electrons. The molecule has 6 rings (SSSR count). The molecule has 0 saturated heterocycles. The van der Waals surface area contributed by atoms with Crippen LogP contribution in [0, 0.1) is 0 Å². The number of hydrogen-bond acceptors (Lipinski definition) is 4. The third-order valence-corrected chi connectivity index (χ3v) is 13.5. The van der Waals surface area contributed by atoms with Crippen LogP contribution in [0.2, 0.25) is 0 Å². The van der Waals surface area contributed by atoms with Crippen LogP contribution in [0.1, 0.15) is 158 Å². The van der Waals surface area contributed by atoms with Gasteiger partial charge in [-0.15, -0.1) is 0 Å². The van der Waals surface area contributed by atoms with Crippen molar-refractivity contribution in [1.29, 1.82) is 0 Å². The van der Waals surface area contributed by atoms with Crippen LogP contribution in [-0.2, 0) is 37.1 Å². The van der Waals surface area contributed by atoms with Crippen molar-refractivity contribution < 1.29 is 18.1 Å². The molecule has 0 aliphatic rings. The molecular formula is C60H75O4P. The van der Waals surface area contributed by atoms with E-state index in [1.54, 1.807) is 0 Å². The van der Waals surface area contributed by atoms with Crippen molar-refractivity contribution >= 4 is 7.82 Å². The molecule has 0 aliphatic heterocycles. The van der Waals surface area contributed by atoms with Crippen LogP contribution in [0.4, 0.5) is 0 Å². The zero-order valence-corrected chi connectivity index (χ0v) is 43.6. The maximum Gasteiger partial charge on any atom is 0.647 e. The Hall–Kier alpha value is -5.05. The monoisotopic (exact) mass is 891 g/mol. The smallest absolute Gasteiger partial charge is 0.386 e. The van der Waals surface area contributed by atoms with Crippen molar-refractivity contribution in [1.82, 2.24) is 0 Å². The Morgan fingerprint density at radius 1 is 0.292 bits per heavy atom. The van der Waals surface area contributed by atoms with E-state index in [0.29, 0.717) is 17.2 Å². The molecular weight excluding hydrogens is 816 g/mol. The van der Waals surface area contributed by atoms with Gasteiger partial charge in [-0.1, -0.05) is 216 Å². The quantitative estimate of drug-likeness (QED) is 0.136. The van der Waals surface area contributed by atoms with Crippen LogP contribution in [0.25, 0.3) is 33.4 Å². The first-order valence-corrected chi connectivity index (χ1v) is 24.7. The zero-order chi connectivity index (χ0) is 48.1. The van der Waals surface area contributed by atoms with Gasteiger partial charge in [-0.05, 0) is 136 Å². The fourth-order valence-corrected chi connectivity index (χ4v) is 9.43. The summed E-state index contributed by atoms with van der Waals surface area (Å²) in [6, 6.07) is 43.5. The van der Waals surface area contributed by atoms with Gasteiger partial charge in [0.25, 0.3) is 0 Å². The highest BCUT2D eigenvalue weighted by Gasteiger charge is 2.34. The van der Waals surface area contributed by atoms with Crippen LogP contribution in [0.5, 0.6) is 17.2 Å². The van der Waals surface area contributed by atoms with Gasteiger partial charge in [0.2, 0.25) is 0 Å². The molecule has 0 spiro atoms. The topological polar surface area (TPSA) is 44.8 Å². The number of benzene rings is 6. The van der Waals surface area contributed by atoms with E-state index >= 15 is 4.57 Å². The van der Waals surface area contributed by atoms with Crippen LogP contribution in [0.3, 0.4) is 0 Å². The summed E-state index contributed by atoms with van der Waals surface area (Å²) in [5.41, 5.74) is 14.1. The first-order valence-electron chi connectivity index (χ1n) is 23.3. The van der Waals surface area contributed by atoms with Crippen molar-refractivity contribution in [2.75, 3.05) is 0 Å². The molecule has 5 heteroatoms. The third-order valence-electron chi connectivity index (χ3n) is 12.2. The summed E-state index contributed by atoms with van der Waals surface area (Å²) in [5, 5.41) is 0. The van der Waals surface area contributed by atoms with E-state index in [1.807, 2.05) is 72.8 Å². The van der Waals surface area contributed by atoms with E-state index in [0.717, 1.165) is 33.4 Å². The predicted octanol–water partition coefficient (Wildman–Crippen LogP) is 18.1. The molecule has 0 amide bonds. The molecule has 0 unspecified atom stereocenters. The Balaban J connectivity index is 1.36. The van der Waals surface area contributed by atoms with Gasteiger partial charge >= 0.3 is 7.82 Å². The minimum atomic E-state index is -4.33. The lowest BCUT2D eigenvalue weighted by atomic mass is 9.77. The molecule has 0 atom stereocenters. The molecule has 6 aromatic carbocycles. The molecule has 0 heterocycles. The molecule has 0 radical (unpaired) electrons. The molecule has 0 aliphatic carbocycles. The average molecular weight is 891 g/mol. The standard InChI is InChI=1S/C60H75O4P/c1-55(2,3)43-25-34-49(52(37-43)58(10,11)12)40-19-28-46(29-20-40)62-65(61,63-47-30-21-41(22-31-47)50-35-26-44(56(4,5)6)38-53(50)59(13,14)15)64-48-32-23-42(24-33-48)51-36-27-45(57(7,8)9)39-54(51)60(16,17)18/h19-39H,1-18H3. The highest BCUT2D eigenvalue weighted by Crippen LogP contribution is 2.51. The van der Waals surface area contributed by atoms with Crippen molar-refractivity contribution in [2.45, 2.75) is 157 Å². The van der Waals surface area contributed by atoms with E-state index in [9.17, 15) is 0 Å². The predicted molar refractivity (Wildman–Crippen MR) is 277 cm³/mol. The molecule has 0 N–H and O–H groups in total. The second-order valence-corrected chi connectivity index (χ2v) is 25.5. The van der Waals surface area contributed by atoms with Gasteiger partial charge < -0.3 is 13.6 Å². The van der Waals surface area contributed by atoms with Gasteiger partial charge in [0.05, 0.1) is 0 Å². The highest BCUT2D eigenvalue weighted by atomic mass is 31.2. The van der Waals surface area contributed by atoms with E-state index in [2.05, 4.69) is 179 Å². The van der Waals surface area contributed by atoms with Gasteiger partial charge in [-0.25, -0.2) is 0 Å². The molecule has 0 fully saturated rings. The Bertz CT molecular complexity index is 2360. The number of phosphoric acid groups is 1. The Morgan fingerprint density at radius 3 is 0.692 bits per heavy atom. The van der Waals surface area contributed by atoms with Gasteiger partial charge in [-0.3, -0.25) is 0 Å². The lowest BCUT2D eigenvalue weighted by molar-refractivity contribution is 0.298. The van der Waals surface area contributed by atoms with Crippen LogP contribution in [0.15, 0.2) is 127 Å². The normalized spacial score (nSPS) is 13.1. The highest BCUT2D eigenvalue weighted by molar-refractivity contribution is 7.49. The van der Waals surface area contributed by atoms with Crippen molar-refractivity contribution in [2.24, 2.45) is 0 Å². The van der Waals surface area contributed by atoms with E-state index in [4.69, 9.17) is 13.6 Å². The fourth-order valence-electron chi connectivity index (χ4n) is 8.18. The summed E-state index contributed by atoms with van der Waals surface area (Å²) in [5.74, 6) is 1.12. The van der Waals surface area contributed by atoms with Gasteiger partial charge in [0.1, 0.15) is 17.2 Å². The van der Waals surface area contributed by atoms with Crippen LogP contribution in [-0.4, -0.2) is 0 Å².